The highest BCUT2D eigenvalue weighted by molar-refractivity contribution is 5.47. The first-order valence-electron chi connectivity index (χ1n) is 3.94. The second-order valence-electron chi connectivity index (χ2n) is 2.73. The van der Waals surface area contributed by atoms with E-state index in [4.69, 9.17) is 5.11 Å². The zero-order valence-corrected chi connectivity index (χ0v) is 7.65. The van der Waals surface area contributed by atoms with Crippen LogP contribution in [0.1, 0.15) is 12.5 Å². The fourth-order valence-electron chi connectivity index (χ4n) is 0.767. The van der Waals surface area contributed by atoms with Gasteiger partial charge in [-0.1, -0.05) is 17.7 Å². The van der Waals surface area contributed by atoms with Crippen LogP contribution in [0.25, 0.3) is 0 Å². The zero-order chi connectivity index (χ0) is 9.68. The van der Waals surface area contributed by atoms with Crippen molar-refractivity contribution in [2.75, 3.05) is 0 Å². The predicted molar refractivity (Wildman–Crippen MR) is 50.4 cm³/mol. The Morgan fingerprint density at radius 2 is 2.00 bits per heavy atom. The summed E-state index contributed by atoms with van der Waals surface area (Å²) in [6.07, 6.45) is 0. The van der Waals surface area contributed by atoms with Crippen molar-refractivity contribution < 1.29 is 9.90 Å². The molecule has 13 heavy (non-hydrogen) atoms. The molecule has 1 aromatic carbocycles. The van der Waals surface area contributed by atoms with Crippen molar-refractivity contribution in [2.45, 2.75) is 13.8 Å². The lowest BCUT2D eigenvalue weighted by Crippen LogP contribution is -1.71. The lowest BCUT2D eigenvalue weighted by Gasteiger charge is -1.86. The summed E-state index contributed by atoms with van der Waals surface area (Å²) in [5, 5.41) is 12.5. The van der Waals surface area contributed by atoms with Gasteiger partial charge in [-0.25, -0.2) is 0 Å². The molecule has 0 spiro atoms. The molecule has 0 bridgehead atoms. The number of aliphatic hydroxyl groups is 1. The highest BCUT2D eigenvalue weighted by atomic mass is 16.3. The zero-order valence-electron chi connectivity index (χ0n) is 7.65. The molecule has 0 aliphatic rings. The monoisotopic (exact) mass is 175 g/mol. The number of allylic oxidation sites excluding steroid dienone is 1. The van der Waals surface area contributed by atoms with Gasteiger partial charge in [0.25, 0.3) is 0 Å². The summed E-state index contributed by atoms with van der Waals surface area (Å²) >= 11 is 0. The summed E-state index contributed by atoms with van der Waals surface area (Å²) in [6.45, 7) is 3.50. The number of aliphatic hydroxyl groups excluding tert-OH is 1. The molecule has 0 saturated heterocycles. The second-order valence-corrected chi connectivity index (χ2v) is 2.73. The fraction of sp³-hybridized carbons (Fsp3) is 0.200. The molecule has 0 aromatic heterocycles. The molecule has 1 rings (SSSR count). The molecule has 0 radical (unpaired) electrons. The van der Waals surface area contributed by atoms with Crippen molar-refractivity contribution in [1.82, 2.24) is 0 Å². The molecule has 0 saturated carbocycles. The van der Waals surface area contributed by atoms with E-state index in [1.807, 2.05) is 31.2 Å². The van der Waals surface area contributed by atoms with Crippen molar-refractivity contribution >= 4 is 11.6 Å². The number of rotatable bonds is 1. The third-order valence-electron chi connectivity index (χ3n) is 1.41. The summed E-state index contributed by atoms with van der Waals surface area (Å²) in [4.78, 5) is 3.56. The van der Waals surface area contributed by atoms with Crippen LogP contribution in [0.5, 0.6) is 0 Å². The van der Waals surface area contributed by atoms with Gasteiger partial charge in [0.1, 0.15) is 15.6 Å². The number of hydrogen-bond donors (Lipinski definition) is 1. The van der Waals surface area contributed by atoms with Gasteiger partial charge in [0.2, 0.25) is 5.76 Å². The van der Waals surface area contributed by atoms with E-state index in [9.17, 15) is 0 Å². The van der Waals surface area contributed by atoms with E-state index in [1.54, 1.807) is 0 Å². The molecule has 0 fully saturated rings. The maximum atomic E-state index is 8.73. The molecular weight excluding hydrogens is 164 g/mol. The second kappa shape index (κ2) is 4.27. The van der Waals surface area contributed by atoms with E-state index in [0.717, 1.165) is 5.69 Å². The van der Waals surface area contributed by atoms with Gasteiger partial charge in [-0.15, -0.1) is 0 Å². The average Bonchev–Trinajstić information content (AvgIpc) is 2.08. The van der Waals surface area contributed by atoms with Gasteiger partial charge in [0.15, 0.2) is 0 Å². The molecule has 0 unspecified atom stereocenters. The Kier molecular flexibility index (Phi) is 3.04. The van der Waals surface area contributed by atoms with Crippen LogP contribution in [0.4, 0.5) is 5.69 Å². The lowest BCUT2D eigenvalue weighted by molar-refractivity contribution is -0.0674. The van der Waals surface area contributed by atoms with Gasteiger partial charge in [0, 0.05) is 6.92 Å². The summed E-state index contributed by atoms with van der Waals surface area (Å²) < 4.78 is 0. The normalized spacial score (nSPS) is 8.46. The Hall–Kier alpha value is -1.82. The van der Waals surface area contributed by atoms with Crippen LogP contribution < -0.4 is 0 Å². The molecular formula is C10H11N2O+. The van der Waals surface area contributed by atoms with Gasteiger partial charge in [-0.05, 0) is 19.1 Å². The van der Waals surface area contributed by atoms with Crippen LogP contribution in [0.2, 0.25) is 0 Å². The van der Waals surface area contributed by atoms with E-state index in [1.165, 1.54) is 12.5 Å². The van der Waals surface area contributed by atoms with Gasteiger partial charge < -0.3 is 5.11 Å². The number of aryl methyl sites for hydroxylation is 1. The van der Waals surface area contributed by atoms with Crippen LogP contribution >= 0.6 is 0 Å². The van der Waals surface area contributed by atoms with Crippen molar-refractivity contribution in [3.05, 3.63) is 35.6 Å². The Morgan fingerprint density at radius 1 is 1.38 bits per heavy atom. The molecule has 0 amide bonds. The third-order valence-corrected chi connectivity index (χ3v) is 1.41. The first-order valence-corrected chi connectivity index (χ1v) is 3.94. The van der Waals surface area contributed by atoms with Crippen LogP contribution in [0, 0.1) is 6.92 Å². The molecule has 0 aliphatic heterocycles. The molecule has 3 heteroatoms. The SMILES string of the molecule is CC(O)=C=[N+]=Nc1ccc(C)cc1. The van der Waals surface area contributed by atoms with Crippen molar-refractivity contribution in [1.29, 1.82) is 0 Å². The predicted octanol–water partition coefficient (Wildman–Crippen LogP) is 2.42. The molecule has 0 aliphatic carbocycles. The Bertz CT molecular complexity index is 376. The van der Waals surface area contributed by atoms with Crippen molar-refractivity contribution in [2.24, 2.45) is 5.11 Å². The summed E-state index contributed by atoms with van der Waals surface area (Å²) in [6, 6.07) is 7.61. The molecule has 66 valence electrons. The van der Waals surface area contributed by atoms with Gasteiger partial charge in [-0.2, -0.15) is 0 Å². The smallest absolute Gasteiger partial charge is 0.393 e. The minimum absolute atomic E-state index is 0.0239. The van der Waals surface area contributed by atoms with E-state index >= 15 is 0 Å². The molecule has 0 atom stereocenters. The highest BCUT2D eigenvalue weighted by Gasteiger charge is 1.92. The number of nitrogens with zero attached hydrogens (tertiary/aromatic N) is 2. The van der Waals surface area contributed by atoms with Crippen LogP contribution in [0.15, 0.2) is 35.1 Å². The van der Waals surface area contributed by atoms with Crippen LogP contribution in [-0.4, -0.2) is 15.8 Å². The van der Waals surface area contributed by atoms with E-state index in [2.05, 4.69) is 15.8 Å². The summed E-state index contributed by atoms with van der Waals surface area (Å²) in [7, 11) is 0. The number of hydrogen-bond acceptors (Lipinski definition) is 2. The Morgan fingerprint density at radius 3 is 2.54 bits per heavy atom. The Balaban J connectivity index is 2.94. The van der Waals surface area contributed by atoms with E-state index < -0.39 is 0 Å². The van der Waals surface area contributed by atoms with Gasteiger partial charge in [0.05, 0.1) is 0 Å². The summed E-state index contributed by atoms with van der Waals surface area (Å²) in [5.41, 5.74) is 1.93. The van der Waals surface area contributed by atoms with Crippen LogP contribution in [0.3, 0.4) is 0 Å². The molecule has 0 heterocycles. The first-order chi connectivity index (χ1) is 6.18. The van der Waals surface area contributed by atoms with Gasteiger partial charge >= 0.3 is 5.87 Å². The van der Waals surface area contributed by atoms with E-state index in [0.29, 0.717) is 0 Å². The quantitative estimate of drug-likeness (QED) is 0.303. The van der Waals surface area contributed by atoms with Crippen molar-refractivity contribution in [3.8, 4) is 0 Å². The van der Waals surface area contributed by atoms with Crippen molar-refractivity contribution in [3.63, 3.8) is 0 Å². The van der Waals surface area contributed by atoms with Crippen LogP contribution in [-0.2, 0) is 0 Å². The maximum Gasteiger partial charge on any atom is 0.393 e. The van der Waals surface area contributed by atoms with Gasteiger partial charge in [-0.3, -0.25) is 0 Å². The number of benzene rings is 1. The topological polar surface area (TPSA) is 46.7 Å². The minimum atomic E-state index is 0.0239. The molecule has 1 aromatic rings. The standard InChI is InChI=1S/C10H10N2O/c1-8-3-5-10(6-4-8)12-11-7-9(2)13/h3-6H,1-2H3/p+1. The Labute approximate surface area is 76.8 Å². The maximum absolute atomic E-state index is 8.73. The highest BCUT2D eigenvalue weighted by Crippen LogP contribution is 2.10. The first kappa shape index (κ1) is 9.27. The summed E-state index contributed by atoms with van der Waals surface area (Å²) in [5.74, 6) is 2.36. The third kappa shape index (κ3) is 3.39. The fourth-order valence-corrected chi connectivity index (χ4v) is 0.767. The average molecular weight is 175 g/mol. The minimum Gasteiger partial charge on any atom is -0.499 e. The lowest BCUT2D eigenvalue weighted by atomic mass is 10.2. The van der Waals surface area contributed by atoms with E-state index in [-0.39, 0.29) is 5.76 Å². The largest absolute Gasteiger partial charge is 0.499 e. The molecule has 3 nitrogen and oxygen atoms in total. The molecule has 1 N–H and O–H groups in total.